The van der Waals surface area contributed by atoms with Gasteiger partial charge in [0, 0.05) is 11.6 Å². The molecule has 5 nitrogen and oxygen atoms in total. The van der Waals surface area contributed by atoms with Gasteiger partial charge in [-0.15, -0.1) is 0 Å². The minimum absolute atomic E-state index is 0.0989. The summed E-state index contributed by atoms with van der Waals surface area (Å²) in [5.41, 5.74) is 8.88. The van der Waals surface area contributed by atoms with Crippen molar-refractivity contribution >= 4 is 12.1 Å². The van der Waals surface area contributed by atoms with E-state index in [1.807, 2.05) is 39.0 Å². The van der Waals surface area contributed by atoms with Crippen molar-refractivity contribution in [3.63, 3.8) is 0 Å². The number of nitrogens with zero attached hydrogens (tertiary/aromatic N) is 2. The Labute approximate surface area is 118 Å². The number of hydrogen-bond acceptors (Lipinski definition) is 4. The second kappa shape index (κ2) is 5.36. The number of nitrogens with two attached hydrogens (primary N) is 1. The molecule has 2 rings (SSSR count). The van der Waals surface area contributed by atoms with Crippen LogP contribution in [0.3, 0.4) is 0 Å². The summed E-state index contributed by atoms with van der Waals surface area (Å²) in [5, 5.41) is 4.47. The van der Waals surface area contributed by atoms with Crippen molar-refractivity contribution in [2.45, 2.75) is 26.8 Å². The second-order valence-corrected chi connectivity index (χ2v) is 4.99. The van der Waals surface area contributed by atoms with Gasteiger partial charge < -0.3 is 10.5 Å². The van der Waals surface area contributed by atoms with Gasteiger partial charge in [0.05, 0.1) is 12.7 Å². The molecule has 1 aromatic carbocycles. The van der Waals surface area contributed by atoms with E-state index in [-0.39, 0.29) is 6.04 Å². The first-order chi connectivity index (χ1) is 9.49. The normalized spacial score (nSPS) is 10.8. The zero-order valence-electron chi connectivity index (χ0n) is 12.2. The van der Waals surface area contributed by atoms with Crippen LogP contribution >= 0.6 is 0 Å². The lowest BCUT2D eigenvalue weighted by Crippen LogP contribution is -2.07. The van der Waals surface area contributed by atoms with Gasteiger partial charge in [0.15, 0.2) is 6.29 Å². The Balaban J connectivity index is 2.60. The molecule has 1 aromatic heterocycles. The maximum absolute atomic E-state index is 11.3. The number of aromatic nitrogens is 2. The van der Waals surface area contributed by atoms with Gasteiger partial charge >= 0.3 is 0 Å². The summed E-state index contributed by atoms with van der Waals surface area (Å²) in [4.78, 5) is 11.3. The van der Waals surface area contributed by atoms with E-state index < -0.39 is 0 Å². The van der Waals surface area contributed by atoms with Gasteiger partial charge in [-0.05, 0) is 44.5 Å². The Morgan fingerprint density at radius 1 is 1.40 bits per heavy atom. The van der Waals surface area contributed by atoms with Crippen LogP contribution in [0.4, 0.5) is 5.82 Å². The topological polar surface area (TPSA) is 70.1 Å². The lowest BCUT2D eigenvalue weighted by molar-refractivity contribution is 0.112. The second-order valence-electron chi connectivity index (χ2n) is 4.99. The van der Waals surface area contributed by atoms with E-state index in [1.54, 1.807) is 11.8 Å². The Hall–Kier alpha value is -2.30. The Kier molecular flexibility index (Phi) is 3.79. The SMILES string of the molecule is COc1ccc(-c2nn(C(C)C)c(N)c2C=O)cc1C. The van der Waals surface area contributed by atoms with Crippen molar-refractivity contribution in [3.05, 3.63) is 29.3 Å². The molecule has 2 N–H and O–H groups in total. The highest BCUT2D eigenvalue weighted by Gasteiger charge is 2.18. The lowest BCUT2D eigenvalue weighted by Gasteiger charge is -2.07. The first-order valence-electron chi connectivity index (χ1n) is 6.47. The summed E-state index contributed by atoms with van der Waals surface area (Å²) in [6.07, 6.45) is 0.760. The van der Waals surface area contributed by atoms with Gasteiger partial charge in [0.2, 0.25) is 0 Å². The molecule has 0 atom stereocenters. The third-order valence-electron chi connectivity index (χ3n) is 3.26. The summed E-state index contributed by atoms with van der Waals surface area (Å²) in [7, 11) is 1.63. The summed E-state index contributed by atoms with van der Waals surface area (Å²) in [5.74, 6) is 1.20. The highest BCUT2D eigenvalue weighted by atomic mass is 16.5. The van der Waals surface area contributed by atoms with E-state index in [0.717, 1.165) is 23.2 Å². The smallest absolute Gasteiger partial charge is 0.156 e. The number of carbonyl (C=O) groups excluding carboxylic acids is 1. The van der Waals surface area contributed by atoms with Gasteiger partial charge in [0.25, 0.3) is 0 Å². The molecular weight excluding hydrogens is 254 g/mol. The molecule has 0 spiro atoms. The molecule has 0 aliphatic carbocycles. The van der Waals surface area contributed by atoms with Gasteiger partial charge in [0.1, 0.15) is 17.3 Å². The summed E-state index contributed by atoms with van der Waals surface area (Å²) in [6.45, 7) is 5.90. The zero-order valence-corrected chi connectivity index (χ0v) is 12.2. The third kappa shape index (κ3) is 2.27. The summed E-state index contributed by atoms with van der Waals surface area (Å²) < 4.78 is 6.91. The minimum Gasteiger partial charge on any atom is -0.496 e. The predicted molar refractivity (Wildman–Crippen MR) is 79.1 cm³/mol. The number of nitrogen functional groups attached to an aromatic ring is 1. The van der Waals surface area contributed by atoms with E-state index in [1.165, 1.54) is 0 Å². The quantitative estimate of drug-likeness (QED) is 0.870. The Morgan fingerprint density at radius 3 is 2.60 bits per heavy atom. The van der Waals surface area contributed by atoms with E-state index in [2.05, 4.69) is 5.10 Å². The molecule has 1 heterocycles. The molecule has 0 radical (unpaired) electrons. The first-order valence-corrected chi connectivity index (χ1v) is 6.47. The summed E-state index contributed by atoms with van der Waals surface area (Å²) >= 11 is 0. The third-order valence-corrected chi connectivity index (χ3v) is 3.26. The molecule has 0 aliphatic rings. The molecule has 106 valence electrons. The first kappa shape index (κ1) is 14.1. The highest BCUT2D eigenvalue weighted by molar-refractivity contribution is 5.91. The van der Waals surface area contributed by atoms with Crippen LogP contribution in [0.25, 0.3) is 11.3 Å². The molecule has 0 aliphatic heterocycles. The van der Waals surface area contributed by atoms with E-state index in [9.17, 15) is 4.79 Å². The number of aryl methyl sites for hydroxylation is 1. The molecule has 0 unspecified atom stereocenters. The van der Waals surface area contributed by atoms with Gasteiger partial charge in [-0.2, -0.15) is 5.10 Å². The Bertz CT molecular complexity index is 645. The van der Waals surface area contributed by atoms with E-state index in [0.29, 0.717) is 17.1 Å². The molecular formula is C15H19N3O2. The molecule has 20 heavy (non-hydrogen) atoms. The number of hydrogen-bond donors (Lipinski definition) is 1. The van der Waals surface area contributed by atoms with Crippen LogP contribution in [-0.2, 0) is 0 Å². The van der Waals surface area contributed by atoms with Crippen molar-refractivity contribution in [3.8, 4) is 17.0 Å². The summed E-state index contributed by atoms with van der Waals surface area (Å²) in [6, 6.07) is 5.79. The fourth-order valence-corrected chi connectivity index (χ4v) is 2.21. The number of rotatable bonds is 4. The van der Waals surface area contributed by atoms with Gasteiger partial charge in [-0.25, -0.2) is 4.68 Å². The molecule has 0 bridgehead atoms. The molecule has 0 saturated heterocycles. The molecule has 5 heteroatoms. The predicted octanol–water partition coefficient (Wildman–Crippen LogP) is 2.84. The van der Waals surface area contributed by atoms with Crippen LogP contribution in [0.15, 0.2) is 18.2 Å². The minimum atomic E-state index is 0.0989. The lowest BCUT2D eigenvalue weighted by atomic mass is 10.1. The number of benzene rings is 1. The Morgan fingerprint density at radius 2 is 2.10 bits per heavy atom. The number of aldehydes is 1. The van der Waals surface area contributed by atoms with Crippen LogP contribution < -0.4 is 10.5 Å². The average molecular weight is 273 g/mol. The van der Waals surface area contributed by atoms with Crippen LogP contribution in [-0.4, -0.2) is 23.2 Å². The maximum Gasteiger partial charge on any atom is 0.156 e. The monoisotopic (exact) mass is 273 g/mol. The molecule has 0 fully saturated rings. The molecule has 2 aromatic rings. The van der Waals surface area contributed by atoms with Crippen molar-refractivity contribution < 1.29 is 9.53 Å². The standard InChI is InChI=1S/C15H19N3O2/c1-9(2)18-15(16)12(8-19)14(17-18)11-5-6-13(20-4)10(3)7-11/h5-9H,16H2,1-4H3. The van der Waals surface area contributed by atoms with E-state index in [4.69, 9.17) is 10.5 Å². The van der Waals surface area contributed by atoms with Crippen LogP contribution in [0.5, 0.6) is 5.75 Å². The van der Waals surface area contributed by atoms with Crippen molar-refractivity contribution in [1.29, 1.82) is 0 Å². The van der Waals surface area contributed by atoms with Crippen molar-refractivity contribution in [1.82, 2.24) is 9.78 Å². The maximum atomic E-state index is 11.3. The van der Waals surface area contributed by atoms with Crippen LogP contribution in [0, 0.1) is 6.92 Å². The molecule has 0 saturated carbocycles. The zero-order chi connectivity index (χ0) is 14.9. The number of ether oxygens (including phenoxy) is 1. The number of carbonyl (C=O) groups is 1. The number of anilines is 1. The van der Waals surface area contributed by atoms with Crippen LogP contribution in [0.2, 0.25) is 0 Å². The fourth-order valence-electron chi connectivity index (χ4n) is 2.21. The van der Waals surface area contributed by atoms with Crippen molar-refractivity contribution in [2.24, 2.45) is 0 Å². The van der Waals surface area contributed by atoms with Crippen LogP contribution in [0.1, 0.15) is 35.8 Å². The van der Waals surface area contributed by atoms with Gasteiger partial charge in [-0.1, -0.05) is 0 Å². The van der Waals surface area contributed by atoms with E-state index >= 15 is 0 Å². The largest absolute Gasteiger partial charge is 0.496 e. The average Bonchev–Trinajstić information content (AvgIpc) is 2.75. The molecule has 0 amide bonds. The highest BCUT2D eigenvalue weighted by Crippen LogP contribution is 2.30. The van der Waals surface area contributed by atoms with Crippen molar-refractivity contribution in [2.75, 3.05) is 12.8 Å². The van der Waals surface area contributed by atoms with Gasteiger partial charge in [-0.3, -0.25) is 4.79 Å². The number of methoxy groups -OCH3 is 1. The fraction of sp³-hybridized carbons (Fsp3) is 0.333.